The van der Waals surface area contributed by atoms with Crippen molar-refractivity contribution in [3.63, 3.8) is 0 Å². The van der Waals surface area contributed by atoms with E-state index in [1.54, 1.807) is 24.3 Å². The van der Waals surface area contributed by atoms with Gasteiger partial charge in [0, 0.05) is 13.1 Å². The van der Waals surface area contributed by atoms with E-state index < -0.39 is 10.0 Å². The number of hydrogen-bond donors (Lipinski definition) is 0. The Bertz CT molecular complexity index is 844. The second-order valence-corrected chi connectivity index (χ2v) is 9.06. The molecule has 3 rings (SSSR count). The summed E-state index contributed by atoms with van der Waals surface area (Å²) in [5.41, 5.74) is 1.88. The zero-order valence-corrected chi connectivity index (χ0v) is 15.9. The van der Waals surface area contributed by atoms with Crippen molar-refractivity contribution in [3.05, 3.63) is 65.5 Å². The molecule has 1 aliphatic heterocycles. The number of nitrogens with zero attached hydrogens (tertiary/aromatic N) is 1. The summed E-state index contributed by atoms with van der Waals surface area (Å²) in [6, 6.07) is 13.3. The number of rotatable bonds is 7. The molecule has 4 nitrogen and oxygen atoms in total. The van der Waals surface area contributed by atoms with Crippen molar-refractivity contribution in [3.8, 4) is 0 Å². The van der Waals surface area contributed by atoms with Gasteiger partial charge in [0.05, 0.1) is 17.6 Å². The van der Waals surface area contributed by atoms with Crippen LogP contribution in [0.5, 0.6) is 0 Å². The van der Waals surface area contributed by atoms with E-state index in [-0.39, 0.29) is 18.5 Å². The molecule has 2 aromatic carbocycles. The lowest BCUT2D eigenvalue weighted by Gasteiger charge is -2.37. The van der Waals surface area contributed by atoms with Gasteiger partial charge in [0.15, 0.2) is 0 Å². The minimum Gasteiger partial charge on any atom is -0.371 e. The molecule has 1 aliphatic rings. The van der Waals surface area contributed by atoms with E-state index in [0.29, 0.717) is 23.9 Å². The van der Waals surface area contributed by atoms with Crippen molar-refractivity contribution in [2.45, 2.75) is 37.9 Å². The van der Waals surface area contributed by atoms with Gasteiger partial charge in [-0.25, -0.2) is 12.8 Å². The third-order valence-corrected chi connectivity index (χ3v) is 6.24. The van der Waals surface area contributed by atoms with E-state index in [1.165, 1.54) is 16.4 Å². The highest BCUT2D eigenvalue weighted by atomic mass is 32.2. The first kappa shape index (κ1) is 19.0. The van der Waals surface area contributed by atoms with Crippen molar-refractivity contribution in [2.75, 3.05) is 13.1 Å². The molecule has 0 radical (unpaired) electrons. The Labute approximate surface area is 154 Å². The Morgan fingerprint density at radius 3 is 2.42 bits per heavy atom. The van der Waals surface area contributed by atoms with Crippen LogP contribution < -0.4 is 0 Å². The molecule has 0 saturated carbocycles. The number of halogens is 1. The Hall–Kier alpha value is -1.76. The fraction of sp³-hybridized carbons (Fsp3) is 0.400. The van der Waals surface area contributed by atoms with Gasteiger partial charge in [-0.1, -0.05) is 38.1 Å². The van der Waals surface area contributed by atoms with E-state index in [9.17, 15) is 12.8 Å². The predicted octanol–water partition coefficient (Wildman–Crippen LogP) is 3.61. The molecule has 0 bridgehead atoms. The summed E-state index contributed by atoms with van der Waals surface area (Å²) in [7, 11) is -3.48. The van der Waals surface area contributed by atoms with Crippen molar-refractivity contribution in [2.24, 2.45) is 5.92 Å². The second kappa shape index (κ2) is 7.86. The zero-order chi connectivity index (χ0) is 18.7. The molecule has 0 atom stereocenters. The molecule has 6 heteroatoms. The normalized spacial score (nSPS) is 16.0. The number of ether oxygens (including phenoxy) is 1. The highest BCUT2D eigenvalue weighted by Crippen LogP contribution is 2.24. The van der Waals surface area contributed by atoms with Crippen molar-refractivity contribution in [1.82, 2.24) is 4.31 Å². The Kier molecular flexibility index (Phi) is 5.75. The molecule has 0 aromatic heterocycles. The van der Waals surface area contributed by atoms with E-state index in [2.05, 4.69) is 13.8 Å². The van der Waals surface area contributed by atoms with Crippen LogP contribution in [0.2, 0.25) is 0 Å². The molecule has 1 saturated heterocycles. The van der Waals surface area contributed by atoms with Crippen LogP contribution in [0.1, 0.15) is 25.0 Å². The van der Waals surface area contributed by atoms with Crippen LogP contribution in [0.25, 0.3) is 0 Å². The molecule has 140 valence electrons. The molecular weight excluding hydrogens is 353 g/mol. The van der Waals surface area contributed by atoms with Gasteiger partial charge in [0.25, 0.3) is 0 Å². The van der Waals surface area contributed by atoms with Gasteiger partial charge in [0.2, 0.25) is 10.0 Å². The Balaban J connectivity index is 1.54. The topological polar surface area (TPSA) is 46.6 Å². The molecule has 0 N–H and O–H groups in total. The summed E-state index contributed by atoms with van der Waals surface area (Å²) < 4.78 is 45.5. The van der Waals surface area contributed by atoms with Crippen LogP contribution in [-0.4, -0.2) is 31.9 Å². The number of sulfonamides is 1. The molecule has 1 heterocycles. The minimum absolute atomic E-state index is 0.159. The molecular formula is C20H24FNO3S. The highest BCUT2D eigenvalue weighted by molar-refractivity contribution is 7.89. The fourth-order valence-corrected chi connectivity index (χ4v) is 4.46. The maximum atomic E-state index is 13.1. The summed E-state index contributed by atoms with van der Waals surface area (Å²) in [5.74, 6) is 0.230. The smallest absolute Gasteiger partial charge is 0.243 e. The van der Waals surface area contributed by atoms with Crippen LogP contribution in [0, 0.1) is 11.7 Å². The summed E-state index contributed by atoms with van der Waals surface area (Å²) in [4.78, 5) is 0.314. The third-order valence-electron chi connectivity index (χ3n) is 4.39. The third kappa shape index (κ3) is 4.50. The minimum atomic E-state index is -3.48. The first-order valence-corrected chi connectivity index (χ1v) is 10.2. The molecule has 0 amide bonds. The van der Waals surface area contributed by atoms with E-state index in [1.807, 2.05) is 12.1 Å². The molecule has 26 heavy (non-hydrogen) atoms. The van der Waals surface area contributed by atoms with Crippen LogP contribution in [0.15, 0.2) is 53.4 Å². The van der Waals surface area contributed by atoms with Crippen molar-refractivity contribution >= 4 is 10.0 Å². The van der Waals surface area contributed by atoms with Crippen LogP contribution >= 0.6 is 0 Å². The highest BCUT2D eigenvalue weighted by Gasteiger charge is 2.37. The lowest BCUT2D eigenvalue weighted by molar-refractivity contribution is -0.0296. The average Bonchev–Trinajstić information content (AvgIpc) is 2.53. The quantitative estimate of drug-likeness (QED) is 0.740. The van der Waals surface area contributed by atoms with Gasteiger partial charge in [-0.3, -0.25) is 0 Å². The van der Waals surface area contributed by atoms with Gasteiger partial charge in [0.1, 0.15) is 5.82 Å². The standard InChI is InChI=1S/C20H24FNO3S/c1-15(2)10-16-6-8-20(9-7-16)26(23,24)22-12-19(13-22)25-14-17-4-3-5-18(21)11-17/h3-9,11,15,19H,10,12-14H2,1-2H3. The molecule has 0 spiro atoms. The molecule has 0 unspecified atom stereocenters. The molecule has 0 aliphatic carbocycles. The summed E-state index contributed by atoms with van der Waals surface area (Å²) in [6.45, 7) is 5.19. The van der Waals surface area contributed by atoms with Gasteiger partial charge in [-0.2, -0.15) is 4.31 Å². The largest absolute Gasteiger partial charge is 0.371 e. The first-order chi connectivity index (χ1) is 12.3. The predicted molar refractivity (Wildman–Crippen MR) is 98.7 cm³/mol. The van der Waals surface area contributed by atoms with Gasteiger partial charge in [-0.05, 0) is 47.7 Å². The van der Waals surface area contributed by atoms with Crippen LogP contribution in [0.4, 0.5) is 4.39 Å². The molecule has 2 aromatic rings. The number of hydrogen-bond acceptors (Lipinski definition) is 3. The SMILES string of the molecule is CC(C)Cc1ccc(S(=O)(=O)N2CC(OCc3cccc(F)c3)C2)cc1. The monoisotopic (exact) mass is 377 g/mol. The zero-order valence-electron chi connectivity index (χ0n) is 15.1. The molecule has 1 fully saturated rings. The van der Waals surface area contributed by atoms with Crippen molar-refractivity contribution < 1.29 is 17.5 Å². The number of benzene rings is 2. The fourth-order valence-electron chi connectivity index (χ4n) is 2.96. The van der Waals surface area contributed by atoms with Gasteiger partial charge < -0.3 is 4.74 Å². The van der Waals surface area contributed by atoms with Crippen LogP contribution in [-0.2, 0) is 27.8 Å². The second-order valence-electron chi connectivity index (χ2n) is 7.13. The lowest BCUT2D eigenvalue weighted by Crippen LogP contribution is -2.54. The van der Waals surface area contributed by atoms with Crippen LogP contribution in [0.3, 0.4) is 0 Å². The lowest BCUT2D eigenvalue weighted by atomic mass is 10.0. The summed E-state index contributed by atoms with van der Waals surface area (Å²) in [5, 5.41) is 0. The maximum Gasteiger partial charge on any atom is 0.243 e. The first-order valence-electron chi connectivity index (χ1n) is 8.80. The van der Waals surface area contributed by atoms with Gasteiger partial charge in [-0.15, -0.1) is 0 Å². The summed E-state index contributed by atoms with van der Waals surface area (Å²) >= 11 is 0. The Morgan fingerprint density at radius 2 is 1.81 bits per heavy atom. The maximum absolute atomic E-state index is 13.1. The van der Waals surface area contributed by atoms with Crippen molar-refractivity contribution in [1.29, 1.82) is 0 Å². The Morgan fingerprint density at radius 1 is 1.12 bits per heavy atom. The van der Waals surface area contributed by atoms with Gasteiger partial charge >= 0.3 is 0 Å². The average molecular weight is 377 g/mol. The van der Waals surface area contributed by atoms with E-state index in [4.69, 9.17) is 4.74 Å². The van der Waals surface area contributed by atoms with E-state index >= 15 is 0 Å². The summed E-state index contributed by atoms with van der Waals surface area (Å²) in [6.07, 6.45) is 0.772. The van der Waals surface area contributed by atoms with E-state index in [0.717, 1.165) is 17.5 Å².